The van der Waals surface area contributed by atoms with E-state index in [0.29, 0.717) is 34.2 Å². The minimum atomic E-state index is -0.455. The van der Waals surface area contributed by atoms with Gasteiger partial charge in [0.15, 0.2) is 0 Å². The Morgan fingerprint density at radius 3 is 2.32 bits per heavy atom. The first-order chi connectivity index (χ1) is 14.3. The lowest BCUT2D eigenvalue weighted by atomic mass is 9.43. The molecule has 4 aliphatic rings. The molecule has 0 spiro atoms. The maximum absolute atomic E-state index is 10.8. The minimum Gasteiger partial charge on any atom is -0.390 e. The monoisotopic (exact) mass is 432 g/mol. The predicted molar refractivity (Wildman–Crippen MR) is 130 cm³/mol. The quantitative estimate of drug-likeness (QED) is 0.499. The van der Waals surface area contributed by atoms with E-state index in [9.17, 15) is 5.11 Å². The standard InChI is InChI=1S/C29H52O2/c1-19(13-14-26(2,3)4)22-11-12-23-21-10-9-20-17-27(5,30)15-16-28(20,6)25(21)24(31-8)18-29(22,23)7/h19-25,30H,9-18H2,1-8H3/t19-,20+,21+,22-,23+,24-,25-,27+,28+,29-/m1/s1. The zero-order chi connectivity index (χ0) is 22.8. The van der Waals surface area contributed by atoms with Crippen LogP contribution in [-0.4, -0.2) is 23.9 Å². The molecule has 0 aromatic heterocycles. The molecule has 180 valence electrons. The molecule has 4 fully saturated rings. The molecule has 0 aliphatic heterocycles. The van der Waals surface area contributed by atoms with Gasteiger partial charge in [-0.2, -0.15) is 0 Å². The number of rotatable bonds is 4. The number of ether oxygens (including phenoxy) is 1. The van der Waals surface area contributed by atoms with Crippen LogP contribution in [0.3, 0.4) is 0 Å². The second-order valence-corrected chi connectivity index (χ2v) is 14.5. The van der Waals surface area contributed by atoms with Gasteiger partial charge in [0.05, 0.1) is 11.7 Å². The molecule has 0 heterocycles. The van der Waals surface area contributed by atoms with Crippen LogP contribution in [0.1, 0.15) is 113 Å². The van der Waals surface area contributed by atoms with Gasteiger partial charge in [0.1, 0.15) is 0 Å². The summed E-state index contributed by atoms with van der Waals surface area (Å²) >= 11 is 0. The fourth-order valence-electron chi connectivity index (χ4n) is 9.58. The highest BCUT2D eigenvalue weighted by atomic mass is 16.5. The summed E-state index contributed by atoms with van der Waals surface area (Å²) in [7, 11) is 1.99. The fraction of sp³-hybridized carbons (Fsp3) is 1.00. The van der Waals surface area contributed by atoms with Crippen LogP contribution in [-0.2, 0) is 4.74 Å². The van der Waals surface area contributed by atoms with Crippen molar-refractivity contribution in [3.8, 4) is 0 Å². The molecule has 2 heteroatoms. The van der Waals surface area contributed by atoms with Gasteiger partial charge >= 0.3 is 0 Å². The van der Waals surface area contributed by atoms with E-state index in [1.165, 1.54) is 51.4 Å². The van der Waals surface area contributed by atoms with Crippen LogP contribution in [0.2, 0.25) is 0 Å². The van der Waals surface area contributed by atoms with Gasteiger partial charge in [-0.3, -0.25) is 0 Å². The lowest BCUT2D eigenvalue weighted by molar-refractivity contribution is -0.197. The molecule has 10 atom stereocenters. The van der Waals surface area contributed by atoms with Crippen LogP contribution in [0.4, 0.5) is 0 Å². The van der Waals surface area contributed by atoms with Gasteiger partial charge in [0, 0.05) is 7.11 Å². The Kier molecular flexibility index (Phi) is 6.21. The van der Waals surface area contributed by atoms with Crippen LogP contribution in [0.25, 0.3) is 0 Å². The van der Waals surface area contributed by atoms with Crippen molar-refractivity contribution >= 4 is 0 Å². The third-order valence-electron chi connectivity index (χ3n) is 11.3. The van der Waals surface area contributed by atoms with E-state index in [2.05, 4.69) is 48.5 Å². The molecule has 0 saturated heterocycles. The first kappa shape index (κ1) is 24.1. The SMILES string of the molecule is CO[C@@H]1C[C@]2(C)[C@@H]([C@H](C)CCC(C)(C)C)CC[C@H]2[C@@H]2CC[C@H]3C[C@@](C)(O)CC[C@]3(C)[C@H]21. The van der Waals surface area contributed by atoms with Gasteiger partial charge in [0.25, 0.3) is 0 Å². The topological polar surface area (TPSA) is 29.5 Å². The van der Waals surface area contributed by atoms with Crippen LogP contribution < -0.4 is 0 Å². The molecule has 1 N–H and O–H groups in total. The Labute approximate surface area is 193 Å². The number of hydrogen-bond donors (Lipinski definition) is 1. The van der Waals surface area contributed by atoms with Crippen LogP contribution in [0.15, 0.2) is 0 Å². The maximum atomic E-state index is 10.8. The average molecular weight is 433 g/mol. The Morgan fingerprint density at radius 2 is 1.68 bits per heavy atom. The molecule has 4 aliphatic carbocycles. The van der Waals surface area contributed by atoms with Crippen molar-refractivity contribution in [1.82, 2.24) is 0 Å². The van der Waals surface area contributed by atoms with Crippen molar-refractivity contribution in [3.63, 3.8) is 0 Å². The lowest BCUT2D eigenvalue weighted by Crippen LogP contribution is -2.60. The van der Waals surface area contributed by atoms with Gasteiger partial charge < -0.3 is 9.84 Å². The molecule has 0 amide bonds. The second kappa shape index (κ2) is 8.00. The van der Waals surface area contributed by atoms with Crippen molar-refractivity contribution in [1.29, 1.82) is 0 Å². The van der Waals surface area contributed by atoms with Crippen LogP contribution in [0.5, 0.6) is 0 Å². The normalized spacial score (nSPS) is 51.0. The molecule has 31 heavy (non-hydrogen) atoms. The molecule has 2 nitrogen and oxygen atoms in total. The Morgan fingerprint density at radius 1 is 0.968 bits per heavy atom. The van der Waals surface area contributed by atoms with Crippen LogP contribution >= 0.6 is 0 Å². The number of methoxy groups -OCH3 is 1. The van der Waals surface area contributed by atoms with Crippen molar-refractivity contribution < 1.29 is 9.84 Å². The first-order valence-corrected chi connectivity index (χ1v) is 13.6. The zero-order valence-electron chi connectivity index (χ0n) is 22.0. The number of aliphatic hydroxyl groups is 1. The Hall–Kier alpha value is -0.0800. The van der Waals surface area contributed by atoms with E-state index < -0.39 is 5.60 Å². The Balaban J connectivity index is 1.58. The van der Waals surface area contributed by atoms with Crippen molar-refractivity contribution in [2.75, 3.05) is 7.11 Å². The van der Waals surface area contributed by atoms with Crippen LogP contribution in [0, 0.1) is 51.8 Å². The molecule has 4 saturated carbocycles. The molecule has 0 aromatic rings. The summed E-state index contributed by atoms with van der Waals surface area (Å²) in [6, 6.07) is 0. The summed E-state index contributed by atoms with van der Waals surface area (Å²) in [5, 5.41) is 10.8. The molecule has 4 rings (SSSR count). The van der Waals surface area contributed by atoms with Gasteiger partial charge in [-0.15, -0.1) is 0 Å². The minimum absolute atomic E-state index is 0.350. The van der Waals surface area contributed by atoms with E-state index in [4.69, 9.17) is 4.74 Å². The molecule has 0 radical (unpaired) electrons. The highest BCUT2D eigenvalue weighted by Gasteiger charge is 2.64. The zero-order valence-corrected chi connectivity index (χ0v) is 22.0. The predicted octanol–water partition coefficient (Wildman–Crippen LogP) is 7.48. The van der Waals surface area contributed by atoms with E-state index in [1.807, 2.05) is 7.11 Å². The van der Waals surface area contributed by atoms with E-state index in [-0.39, 0.29) is 0 Å². The van der Waals surface area contributed by atoms with Crippen molar-refractivity contribution in [3.05, 3.63) is 0 Å². The maximum Gasteiger partial charge on any atom is 0.0622 e. The largest absolute Gasteiger partial charge is 0.390 e. The third-order valence-corrected chi connectivity index (χ3v) is 11.3. The van der Waals surface area contributed by atoms with E-state index in [1.54, 1.807) is 0 Å². The summed E-state index contributed by atoms with van der Waals surface area (Å²) in [6.07, 6.45) is 13.1. The van der Waals surface area contributed by atoms with E-state index >= 15 is 0 Å². The fourth-order valence-corrected chi connectivity index (χ4v) is 9.58. The lowest BCUT2D eigenvalue weighted by Gasteiger charge is -2.64. The summed E-state index contributed by atoms with van der Waals surface area (Å²) in [6.45, 7) is 17.1. The summed E-state index contributed by atoms with van der Waals surface area (Å²) in [4.78, 5) is 0. The number of fused-ring (bicyclic) bond motifs is 5. The van der Waals surface area contributed by atoms with Gasteiger partial charge in [-0.1, -0.05) is 41.5 Å². The molecular weight excluding hydrogens is 380 g/mol. The third kappa shape index (κ3) is 4.16. The second-order valence-electron chi connectivity index (χ2n) is 14.5. The smallest absolute Gasteiger partial charge is 0.0622 e. The molecule has 0 bridgehead atoms. The first-order valence-electron chi connectivity index (χ1n) is 13.6. The van der Waals surface area contributed by atoms with Gasteiger partial charge in [-0.25, -0.2) is 0 Å². The van der Waals surface area contributed by atoms with Gasteiger partial charge in [0.2, 0.25) is 0 Å². The summed E-state index contributed by atoms with van der Waals surface area (Å²) in [5.41, 5.74) is 0.782. The molecule has 0 unspecified atom stereocenters. The molecule has 0 aromatic carbocycles. The van der Waals surface area contributed by atoms with Crippen molar-refractivity contribution in [2.45, 2.75) is 124 Å². The Bertz CT molecular complexity index is 648. The number of hydrogen-bond acceptors (Lipinski definition) is 2. The summed E-state index contributed by atoms with van der Waals surface area (Å²) in [5.74, 6) is 4.74. The highest BCUT2D eigenvalue weighted by molar-refractivity contribution is 5.13. The summed E-state index contributed by atoms with van der Waals surface area (Å²) < 4.78 is 6.38. The highest BCUT2D eigenvalue weighted by Crippen LogP contribution is 2.69. The van der Waals surface area contributed by atoms with Crippen molar-refractivity contribution in [2.24, 2.45) is 51.8 Å². The van der Waals surface area contributed by atoms with E-state index in [0.717, 1.165) is 36.5 Å². The average Bonchev–Trinajstić information content (AvgIpc) is 3.02. The molecular formula is C29H52O2. The van der Waals surface area contributed by atoms with Gasteiger partial charge in [-0.05, 0) is 123 Å².